The van der Waals surface area contributed by atoms with Gasteiger partial charge in [0.25, 0.3) is 0 Å². The summed E-state index contributed by atoms with van der Waals surface area (Å²) >= 11 is 0. The number of hydrogen-bond donors (Lipinski definition) is 0. The van der Waals surface area contributed by atoms with Crippen molar-refractivity contribution in [2.75, 3.05) is 9.71 Å². The van der Waals surface area contributed by atoms with E-state index in [-0.39, 0.29) is 17.7 Å². The molecule has 0 N–H and O–H groups in total. The molecule has 2 aromatic heterocycles. The molecule has 0 saturated carbocycles. The first kappa shape index (κ1) is 33.9. The second-order valence-corrected chi connectivity index (χ2v) is 23.9. The second-order valence-electron chi connectivity index (χ2n) is 19.5. The van der Waals surface area contributed by atoms with Gasteiger partial charge >= 0.3 is 6.85 Å². The summed E-state index contributed by atoms with van der Waals surface area (Å²) in [5.74, 6) is 0. The fourth-order valence-corrected chi connectivity index (χ4v) is 14.9. The van der Waals surface area contributed by atoms with Crippen LogP contribution < -0.4 is 31.0 Å². The van der Waals surface area contributed by atoms with Crippen LogP contribution in [0.3, 0.4) is 0 Å². The molecule has 9 aromatic rings. The molecule has 6 heteroatoms. The van der Waals surface area contributed by atoms with Crippen molar-refractivity contribution in [1.29, 1.82) is 0 Å². The highest BCUT2D eigenvalue weighted by molar-refractivity contribution is 7.05. The lowest BCUT2D eigenvalue weighted by Crippen LogP contribution is -2.68. The maximum Gasteiger partial charge on any atom is 0.337 e. The van der Waals surface area contributed by atoms with Gasteiger partial charge in [0.1, 0.15) is 30.4 Å². The van der Waals surface area contributed by atoms with E-state index in [0.29, 0.717) is 0 Å². The van der Waals surface area contributed by atoms with E-state index in [0.717, 1.165) is 50.3 Å². The van der Waals surface area contributed by atoms with Crippen LogP contribution in [0.15, 0.2) is 130 Å². The molecule has 3 aliphatic heterocycles. The molecule has 0 bridgehead atoms. The molecular formula is C53H45BN2O2Si. The van der Waals surface area contributed by atoms with Gasteiger partial charge in [0.2, 0.25) is 0 Å². The lowest BCUT2D eigenvalue weighted by atomic mass is 9.43. The molecule has 286 valence electrons. The summed E-state index contributed by atoms with van der Waals surface area (Å²) in [5.41, 5.74) is 19.3. The Hall–Kier alpha value is -5.98. The minimum absolute atomic E-state index is 0.0465. The van der Waals surface area contributed by atoms with Gasteiger partial charge in [-0.2, -0.15) is 0 Å². The van der Waals surface area contributed by atoms with Crippen molar-refractivity contribution in [3.8, 4) is 11.1 Å². The molecule has 4 aliphatic rings. The van der Waals surface area contributed by atoms with E-state index in [1.807, 2.05) is 0 Å². The smallest absolute Gasteiger partial charge is 0.337 e. The Balaban J connectivity index is 1.25. The Morgan fingerprint density at radius 2 is 1.20 bits per heavy atom. The third-order valence-corrected chi connectivity index (χ3v) is 18.5. The van der Waals surface area contributed by atoms with Crippen LogP contribution in [-0.2, 0) is 10.8 Å². The summed E-state index contributed by atoms with van der Waals surface area (Å²) in [7, 11) is -2.14. The predicted molar refractivity (Wildman–Crippen MR) is 251 cm³/mol. The van der Waals surface area contributed by atoms with Crippen molar-refractivity contribution >= 4 is 109 Å². The number of anilines is 5. The Morgan fingerprint density at radius 3 is 1.97 bits per heavy atom. The Kier molecular flexibility index (Phi) is 6.32. The number of benzene rings is 7. The number of para-hydroxylation sites is 4. The zero-order valence-electron chi connectivity index (χ0n) is 34.7. The quantitative estimate of drug-likeness (QED) is 0.155. The molecule has 59 heavy (non-hydrogen) atoms. The maximum atomic E-state index is 7.15. The topological polar surface area (TPSA) is 32.8 Å². The van der Waals surface area contributed by atoms with E-state index in [9.17, 15) is 0 Å². The Labute approximate surface area is 346 Å². The molecule has 0 saturated heterocycles. The molecule has 1 aliphatic carbocycles. The van der Waals surface area contributed by atoms with Crippen LogP contribution in [0.1, 0.15) is 57.2 Å². The van der Waals surface area contributed by atoms with Crippen molar-refractivity contribution in [1.82, 2.24) is 0 Å². The van der Waals surface area contributed by atoms with Gasteiger partial charge in [0.05, 0.1) is 0 Å². The SMILES string of the molecule is Cc1cc2c(cc1N1c3cc4c(oc5ccccc54)c4c3B(c3c1ccc1c3oc3ccccc31)N1c3ccccc3[Si](C)(C)c3cccc-4c31)C(C)(C)CCC2(C)C. The molecule has 0 atom stereocenters. The molecule has 0 radical (unpaired) electrons. The first-order valence-electron chi connectivity index (χ1n) is 21.3. The van der Waals surface area contributed by atoms with Crippen molar-refractivity contribution in [2.45, 2.75) is 71.4 Å². The molecular weight excluding hydrogens is 735 g/mol. The van der Waals surface area contributed by atoms with E-state index >= 15 is 0 Å². The van der Waals surface area contributed by atoms with Crippen molar-refractivity contribution in [3.63, 3.8) is 0 Å². The number of fused-ring (bicyclic) bond motifs is 15. The third-order valence-electron chi connectivity index (χ3n) is 15.0. The average molecular weight is 781 g/mol. The zero-order valence-corrected chi connectivity index (χ0v) is 35.7. The number of hydrogen-bond acceptors (Lipinski definition) is 4. The number of nitrogens with zero attached hydrogens (tertiary/aromatic N) is 2. The van der Waals surface area contributed by atoms with Crippen LogP contribution >= 0.6 is 0 Å². The monoisotopic (exact) mass is 780 g/mol. The summed E-state index contributed by atoms with van der Waals surface area (Å²) < 4.78 is 14.2. The summed E-state index contributed by atoms with van der Waals surface area (Å²) in [6, 6.07) is 45.7. The first-order chi connectivity index (χ1) is 28.4. The Morgan fingerprint density at radius 1 is 0.559 bits per heavy atom. The highest BCUT2D eigenvalue weighted by atomic mass is 28.3. The minimum Gasteiger partial charge on any atom is -0.456 e. The average Bonchev–Trinajstić information content (AvgIpc) is 3.80. The largest absolute Gasteiger partial charge is 0.456 e. The third kappa shape index (κ3) is 4.15. The summed E-state index contributed by atoms with van der Waals surface area (Å²) in [6.07, 6.45) is 2.34. The standard InChI is InChI=1S/C53H45BN2O2Si/c1-30-27-36-37(53(4,5)26-25-52(36,2)3)29-40(30)55-39-24-23-33-31-15-8-11-19-42(31)58-51(33)48(39)54-47-41(55)28-35-32-16-9-12-20-43(32)57-50(35)46(47)34-17-14-22-45-49(34)56(54)38-18-10-13-21-44(38)59(45,6)7/h8-24,27-29H,25-26H2,1-7H3. The summed E-state index contributed by atoms with van der Waals surface area (Å²) in [5, 5.41) is 7.53. The van der Waals surface area contributed by atoms with E-state index in [4.69, 9.17) is 8.83 Å². The molecule has 0 spiro atoms. The molecule has 13 rings (SSSR count). The molecule has 5 heterocycles. The lowest BCUT2D eigenvalue weighted by molar-refractivity contribution is 0.332. The van der Waals surface area contributed by atoms with E-state index in [2.05, 4.69) is 179 Å². The summed E-state index contributed by atoms with van der Waals surface area (Å²) in [6.45, 7) is 16.9. The van der Waals surface area contributed by atoms with Gasteiger partial charge in [0, 0.05) is 66.6 Å². The van der Waals surface area contributed by atoms with Crippen LogP contribution in [0.5, 0.6) is 0 Å². The van der Waals surface area contributed by atoms with Crippen LogP contribution in [0.25, 0.3) is 55.0 Å². The van der Waals surface area contributed by atoms with Crippen molar-refractivity contribution in [3.05, 3.63) is 138 Å². The van der Waals surface area contributed by atoms with E-state index in [1.54, 1.807) is 0 Å². The van der Waals surface area contributed by atoms with Gasteiger partial charge in [-0.15, -0.1) is 0 Å². The Bertz CT molecular complexity index is 3370. The van der Waals surface area contributed by atoms with Gasteiger partial charge in [-0.1, -0.05) is 120 Å². The fourth-order valence-electron chi connectivity index (χ4n) is 11.8. The van der Waals surface area contributed by atoms with Gasteiger partial charge in [-0.3, -0.25) is 0 Å². The summed E-state index contributed by atoms with van der Waals surface area (Å²) in [4.78, 5) is 5.31. The molecule has 0 fully saturated rings. The van der Waals surface area contributed by atoms with Gasteiger partial charge in [-0.05, 0) is 106 Å². The molecule has 7 aromatic carbocycles. The van der Waals surface area contributed by atoms with E-state index in [1.165, 1.54) is 84.0 Å². The fraction of sp³-hybridized carbons (Fsp3) is 0.208. The van der Waals surface area contributed by atoms with Crippen molar-refractivity contribution in [2.24, 2.45) is 0 Å². The zero-order chi connectivity index (χ0) is 39.9. The predicted octanol–water partition coefficient (Wildman–Crippen LogP) is 12.0. The van der Waals surface area contributed by atoms with Gasteiger partial charge < -0.3 is 18.5 Å². The van der Waals surface area contributed by atoms with Crippen LogP contribution in [0.4, 0.5) is 28.4 Å². The van der Waals surface area contributed by atoms with Crippen LogP contribution in [-0.4, -0.2) is 14.9 Å². The molecule has 4 nitrogen and oxygen atoms in total. The molecule has 0 unspecified atom stereocenters. The van der Waals surface area contributed by atoms with Gasteiger partial charge in [-0.25, -0.2) is 0 Å². The normalized spacial score (nSPS) is 17.6. The number of furan rings is 2. The lowest BCUT2D eigenvalue weighted by Gasteiger charge is -2.51. The number of aryl methyl sites for hydroxylation is 1. The highest BCUT2D eigenvalue weighted by Crippen LogP contribution is 2.54. The van der Waals surface area contributed by atoms with Gasteiger partial charge in [0.15, 0.2) is 0 Å². The van der Waals surface area contributed by atoms with E-state index < -0.39 is 8.07 Å². The maximum absolute atomic E-state index is 7.15. The first-order valence-corrected chi connectivity index (χ1v) is 24.3. The second kappa shape index (κ2) is 11.0. The molecule has 0 amide bonds. The van der Waals surface area contributed by atoms with Crippen molar-refractivity contribution < 1.29 is 8.83 Å². The highest BCUT2D eigenvalue weighted by Gasteiger charge is 2.53. The number of rotatable bonds is 1. The minimum atomic E-state index is -2.14. The van der Waals surface area contributed by atoms with Crippen LogP contribution in [0.2, 0.25) is 13.1 Å². The van der Waals surface area contributed by atoms with Crippen LogP contribution in [0, 0.1) is 6.92 Å².